The largest absolute Gasteiger partial charge is 0.340 e. The van der Waals surface area contributed by atoms with E-state index in [-0.39, 0.29) is 0 Å². The summed E-state index contributed by atoms with van der Waals surface area (Å²) in [6.07, 6.45) is 10.3. The Labute approximate surface area is 252 Å². The van der Waals surface area contributed by atoms with Gasteiger partial charge in [0.15, 0.2) is 0 Å². The molecule has 6 aromatic rings. The molecule has 0 aliphatic carbocycles. The lowest BCUT2D eigenvalue weighted by Gasteiger charge is -2.17. The van der Waals surface area contributed by atoms with Crippen molar-refractivity contribution < 1.29 is 0 Å². The van der Waals surface area contributed by atoms with E-state index in [2.05, 4.69) is 122 Å². The third-order valence-corrected chi connectivity index (χ3v) is 9.85. The summed E-state index contributed by atoms with van der Waals surface area (Å²) < 4.78 is 5.19. The van der Waals surface area contributed by atoms with Crippen molar-refractivity contribution >= 4 is 43.6 Å². The fraction of sp³-hybridized carbons (Fsp3) is 0.400. The molecule has 218 valence electrons. The quantitative estimate of drug-likeness (QED) is 0.134. The van der Waals surface area contributed by atoms with E-state index in [1.54, 1.807) is 0 Å². The fourth-order valence-corrected chi connectivity index (χ4v) is 7.21. The Morgan fingerprint density at radius 2 is 0.881 bits per heavy atom. The van der Waals surface area contributed by atoms with Crippen molar-refractivity contribution in [1.82, 2.24) is 9.13 Å². The lowest BCUT2D eigenvalue weighted by atomic mass is 9.99. The molecule has 0 spiro atoms. The summed E-state index contributed by atoms with van der Waals surface area (Å²) in [6.45, 7) is 11.5. The molecule has 0 unspecified atom stereocenters. The van der Waals surface area contributed by atoms with E-state index >= 15 is 0 Å². The minimum absolute atomic E-state index is 0.720. The lowest BCUT2D eigenvalue weighted by molar-refractivity contribution is 0.401. The van der Waals surface area contributed by atoms with Crippen LogP contribution in [0, 0.1) is 11.8 Å². The summed E-state index contributed by atoms with van der Waals surface area (Å²) in [5.41, 5.74) is 8.07. The molecular formula is C40H48N2. The second-order valence-electron chi connectivity index (χ2n) is 12.6. The van der Waals surface area contributed by atoms with E-state index in [9.17, 15) is 0 Å². The van der Waals surface area contributed by atoms with Gasteiger partial charge in [-0.15, -0.1) is 0 Å². The Bertz CT molecular complexity index is 1670. The van der Waals surface area contributed by atoms with Crippen LogP contribution in [-0.4, -0.2) is 9.13 Å². The van der Waals surface area contributed by atoms with Crippen LogP contribution in [0.4, 0.5) is 0 Å². The first-order valence-corrected chi connectivity index (χ1v) is 16.7. The Morgan fingerprint density at radius 3 is 1.29 bits per heavy atom. The van der Waals surface area contributed by atoms with Crippen LogP contribution in [0.3, 0.4) is 0 Å². The van der Waals surface area contributed by atoms with Crippen LogP contribution in [0.2, 0.25) is 0 Å². The zero-order valence-corrected chi connectivity index (χ0v) is 26.2. The van der Waals surface area contributed by atoms with Crippen LogP contribution in [0.1, 0.15) is 79.1 Å². The number of rotatable bonds is 13. The Kier molecular flexibility index (Phi) is 8.70. The van der Waals surface area contributed by atoms with Crippen LogP contribution < -0.4 is 0 Å². The molecular weight excluding hydrogens is 508 g/mol. The van der Waals surface area contributed by atoms with Crippen molar-refractivity contribution in [2.24, 2.45) is 11.8 Å². The third kappa shape index (κ3) is 5.37. The van der Waals surface area contributed by atoms with Crippen LogP contribution in [-0.2, 0) is 13.1 Å². The average Bonchev–Trinajstić information content (AvgIpc) is 3.52. The van der Waals surface area contributed by atoms with Gasteiger partial charge < -0.3 is 9.13 Å². The highest BCUT2D eigenvalue weighted by molar-refractivity contribution is 6.11. The maximum Gasteiger partial charge on any atom is 0.0491 e. The van der Waals surface area contributed by atoms with E-state index < -0.39 is 0 Å². The van der Waals surface area contributed by atoms with E-state index in [0.717, 1.165) is 24.9 Å². The summed E-state index contributed by atoms with van der Waals surface area (Å²) in [6, 6.07) is 32.4. The summed E-state index contributed by atoms with van der Waals surface area (Å²) in [5, 5.41) is 5.49. The molecule has 0 aliphatic rings. The number of benzene rings is 4. The number of para-hydroxylation sites is 2. The smallest absolute Gasteiger partial charge is 0.0491 e. The number of hydrogen-bond acceptors (Lipinski definition) is 0. The Hall–Kier alpha value is -3.52. The standard InChI is InChI=1S/C40H48N2/c1-5-9-15-29(7-3)27-41-37-19-13-11-17-33(37)35-25-31(21-23-39(35)41)32-22-24-40-36(26-32)34-18-12-14-20-38(34)42(40)28-30(8-4)16-10-6-2/h11-14,17-26,29-30H,5-10,15-16,27-28H2,1-4H3/t29-,30+. The molecule has 0 amide bonds. The number of unbranched alkanes of at least 4 members (excludes halogenated alkanes) is 2. The SMILES string of the molecule is CCCC[C@@H](CC)Cn1c2ccccc2c2cc(-c3ccc4c(c3)c3ccccc3n4C[C@@H](CC)CCCC)ccc21. The Morgan fingerprint density at radius 1 is 0.476 bits per heavy atom. The number of hydrogen-bond donors (Lipinski definition) is 0. The molecule has 2 heteroatoms. The second-order valence-corrected chi connectivity index (χ2v) is 12.6. The molecule has 0 N–H and O–H groups in total. The van der Waals surface area contributed by atoms with Crippen LogP contribution in [0.15, 0.2) is 84.9 Å². The maximum atomic E-state index is 2.60. The van der Waals surface area contributed by atoms with Gasteiger partial charge in [0.1, 0.15) is 0 Å². The summed E-state index contributed by atoms with van der Waals surface area (Å²) in [4.78, 5) is 0. The highest BCUT2D eigenvalue weighted by atomic mass is 15.0. The van der Waals surface area contributed by atoms with Crippen molar-refractivity contribution in [2.75, 3.05) is 0 Å². The van der Waals surface area contributed by atoms with Gasteiger partial charge in [-0.1, -0.05) is 115 Å². The van der Waals surface area contributed by atoms with Gasteiger partial charge in [-0.05, 0) is 72.2 Å². The van der Waals surface area contributed by atoms with Crippen molar-refractivity contribution in [1.29, 1.82) is 0 Å². The minimum Gasteiger partial charge on any atom is -0.340 e. The molecule has 0 fully saturated rings. The van der Waals surface area contributed by atoms with Crippen molar-refractivity contribution in [3.8, 4) is 11.1 Å². The molecule has 0 bridgehead atoms. The first-order valence-electron chi connectivity index (χ1n) is 16.7. The van der Waals surface area contributed by atoms with Gasteiger partial charge in [0.05, 0.1) is 0 Å². The number of fused-ring (bicyclic) bond motifs is 6. The van der Waals surface area contributed by atoms with Gasteiger partial charge >= 0.3 is 0 Å². The first-order chi connectivity index (χ1) is 20.7. The molecule has 4 aromatic carbocycles. The molecule has 0 aliphatic heterocycles. The van der Waals surface area contributed by atoms with E-state index in [4.69, 9.17) is 0 Å². The van der Waals surface area contributed by atoms with Gasteiger partial charge in [-0.2, -0.15) is 0 Å². The third-order valence-electron chi connectivity index (χ3n) is 9.85. The van der Waals surface area contributed by atoms with Gasteiger partial charge in [-0.3, -0.25) is 0 Å². The monoisotopic (exact) mass is 556 g/mol. The molecule has 2 atom stereocenters. The van der Waals surface area contributed by atoms with Gasteiger partial charge in [0, 0.05) is 56.7 Å². The van der Waals surface area contributed by atoms with Gasteiger partial charge in [0.2, 0.25) is 0 Å². The highest BCUT2D eigenvalue weighted by Crippen LogP contribution is 2.37. The van der Waals surface area contributed by atoms with Crippen molar-refractivity contribution in [3.63, 3.8) is 0 Å². The van der Waals surface area contributed by atoms with E-state index in [0.29, 0.717) is 0 Å². The van der Waals surface area contributed by atoms with E-state index in [1.165, 1.54) is 106 Å². The molecule has 2 nitrogen and oxygen atoms in total. The maximum absolute atomic E-state index is 2.60. The molecule has 42 heavy (non-hydrogen) atoms. The Balaban J connectivity index is 1.43. The van der Waals surface area contributed by atoms with Crippen molar-refractivity contribution in [2.45, 2.75) is 92.2 Å². The van der Waals surface area contributed by atoms with Crippen LogP contribution in [0.25, 0.3) is 54.7 Å². The first kappa shape index (κ1) is 28.6. The predicted octanol–water partition coefficient (Wildman–Crippen LogP) is 12.0. The normalized spacial score (nSPS) is 13.5. The molecule has 6 rings (SSSR count). The molecule has 2 aromatic heterocycles. The highest BCUT2D eigenvalue weighted by Gasteiger charge is 2.17. The summed E-state index contributed by atoms with van der Waals surface area (Å²) in [7, 11) is 0. The molecule has 0 saturated carbocycles. The minimum atomic E-state index is 0.720. The predicted molar refractivity (Wildman–Crippen MR) is 184 cm³/mol. The topological polar surface area (TPSA) is 9.86 Å². The van der Waals surface area contributed by atoms with E-state index in [1.807, 2.05) is 0 Å². The summed E-state index contributed by atoms with van der Waals surface area (Å²) in [5.74, 6) is 1.44. The molecule has 2 heterocycles. The number of aromatic nitrogens is 2. The van der Waals surface area contributed by atoms with Crippen LogP contribution >= 0.6 is 0 Å². The zero-order valence-electron chi connectivity index (χ0n) is 26.2. The molecule has 0 radical (unpaired) electrons. The zero-order chi connectivity index (χ0) is 29.1. The van der Waals surface area contributed by atoms with Crippen molar-refractivity contribution in [3.05, 3.63) is 84.9 Å². The molecule has 0 saturated heterocycles. The average molecular weight is 557 g/mol. The van der Waals surface area contributed by atoms with Crippen LogP contribution in [0.5, 0.6) is 0 Å². The van der Waals surface area contributed by atoms with Gasteiger partial charge in [0.25, 0.3) is 0 Å². The second kappa shape index (κ2) is 12.8. The fourth-order valence-electron chi connectivity index (χ4n) is 7.21. The van der Waals surface area contributed by atoms with Gasteiger partial charge in [-0.25, -0.2) is 0 Å². The number of nitrogens with zero attached hydrogens (tertiary/aromatic N) is 2. The lowest BCUT2D eigenvalue weighted by Crippen LogP contribution is -2.10. The summed E-state index contributed by atoms with van der Waals surface area (Å²) >= 11 is 0.